The van der Waals surface area contributed by atoms with Gasteiger partial charge in [-0.05, 0) is 18.9 Å². The van der Waals surface area contributed by atoms with E-state index in [0.29, 0.717) is 16.9 Å². The molecular formula is C11H16F2N2O2S2. The molecule has 4 nitrogen and oxygen atoms in total. The summed E-state index contributed by atoms with van der Waals surface area (Å²) in [6.07, 6.45) is -0.351. The number of rotatable bonds is 7. The average molecular weight is 310 g/mol. The first kappa shape index (κ1) is 14.8. The zero-order valence-corrected chi connectivity index (χ0v) is 12.1. The lowest BCUT2D eigenvalue weighted by molar-refractivity contribution is 0.126. The van der Waals surface area contributed by atoms with Crippen molar-refractivity contribution in [2.24, 2.45) is 0 Å². The number of nitrogens with zero attached hydrogens (tertiary/aromatic N) is 1. The third-order valence-electron chi connectivity index (χ3n) is 2.88. The second-order valence-electron chi connectivity index (χ2n) is 4.58. The Hall–Kier alpha value is -0.570. The van der Waals surface area contributed by atoms with Gasteiger partial charge >= 0.3 is 0 Å². The first-order valence-electron chi connectivity index (χ1n) is 5.95. The zero-order valence-electron chi connectivity index (χ0n) is 10.5. The van der Waals surface area contributed by atoms with E-state index in [1.54, 1.807) is 6.07 Å². The van der Waals surface area contributed by atoms with E-state index in [-0.39, 0.29) is 4.90 Å². The van der Waals surface area contributed by atoms with Crippen molar-refractivity contribution < 1.29 is 17.2 Å². The fourth-order valence-electron chi connectivity index (χ4n) is 1.59. The Morgan fingerprint density at radius 3 is 2.79 bits per heavy atom. The average Bonchev–Trinajstić information content (AvgIpc) is 3.02. The van der Waals surface area contributed by atoms with E-state index in [1.165, 1.54) is 23.8 Å². The molecule has 1 saturated carbocycles. The van der Waals surface area contributed by atoms with Gasteiger partial charge in [-0.25, -0.2) is 17.2 Å². The van der Waals surface area contributed by atoms with Crippen LogP contribution in [0.5, 0.6) is 0 Å². The molecular weight excluding hydrogens is 294 g/mol. The predicted octanol–water partition coefficient (Wildman–Crippen LogP) is 1.89. The maximum atomic E-state index is 12.2. The van der Waals surface area contributed by atoms with E-state index in [9.17, 15) is 17.2 Å². The number of halogens is 2. The minimum absolute atomic E-state index is 0.0910. The van der Waals surface area contributed by atoms with Crippen molar-refractivity contribution in [2.75, 3.05) is 13.6 Å². The molecule has 0 atom stereocenters. The summed E-state index contributed by atoms with van der Waals surface area (Å²) in [4.78, 5) is 0.990. The number of sulfonamides is 1. The van der Waals surface area contributed by atoms with Gasteiger partial charge < -0.3 is 5.32 Å². The molecule has 1 aromatic rings. The molecule has 8 heteroatoms. The minimum atomic E-state index is -3.80. The van der Waals surface area contributed by atoms with Gasteiger partial charge in [-0.1, -0.05) is 0 Å². The van der Waals surface area contributed by atoms with E-state index < -0.39 is 23.0 Å². The highest BCUT2D eigenvalue weighted by Crippen LogP contribution is 2.24. The van der Waals surface area contributed by atoms with E-state index in [0.717, 1.165) is 17.7 Å². The maximum Gasteiger partial charge on any atom is 0.252 e. The Morgan fingerprint density at radius 2 is 2.21 bits per heavy atom. The van der Waals surface area contributed by atoms with Crippen LogP contribution < -0.4 is 5.32 Å². The van der Waals surface area contributed by atoms with Gasteiger partial charge in [-0.2, -0.15) is 4.31 Å². The van der Waals surface area contributed by atoms with Gasteiger partial charge in [-0.15, -0.1) is 11.3 Å². The minimum Gasteiger partial charge on any atom is -0.309 e. The van der Waals surface area contributed by atoms with Crippen LogP contribution in [0.2, 0.25) is 0 Å². The molecule has 0 aromatic carbocycles. The summed E-state index contributed by atoms with van der Waals surface area (Å²) in [5, 5.41) is 4.78. The van der Waals surface area contributed by atoms with Gasteiger partial charge in [0.1, 0.15) is 0 Å². The molecule has 0 radical (unpaired) electrons. The molecule has 1 aromatic heterocycles. The zero-order chi connectivity index (χ0) is 14.0. The van der Waals surface area contributed by atoms with Gasteiger partial charge in [0.2, 0.25) is 10.0 Å². The molecule has 1 heterocycles. The summed E-state index contributed by atoms with van der Waals surface area (Å²) in [5.74, 6) is 0. The van der Waals surface area contributed by atoms with Gasteiger partial charge in [0.25, 0.3) is 6.43 Å². The Morgan fingerprint density at radius 1 is 1.53 bits per heavy atom. The number of hydrogen-bond acceptors (Lipinski definition) is 4. The highest BCUT2D eigenvalue weighted by atomic mass is 32.2. The first-order valence-corrected chi connectivity index (χ1v) is 8.27. The smallest absolute Gasteiger partial charge is 0.252 e. The van der Waals surface area contributed by atoms with E-state index in [2.05, 4.69) is 5.32 Å². The van der Waals surface area contributed by atoms with Crippen molar-refractivity contribution in [1.82, 2.24) is 9.62 Å². The molecule has 0 unspecified atom stereocenters. The molecule has 0 spiro atoms. The monoisotopic (exact) mass is 310 g/mol. The van der Waals surface area contributed by atoms with Crippen molar-refractivity contribution in [3.05, 3.63) is 16.3 Å². The lowest BCUT2D eigenvalue weighted by Crippen LogP contribution is -2.31. The lowest BCUT2D eigenvalue weighted by atomic mass is 10.4. The molecule has 1 N–H and O–H groups in total. The Balaban J connectivity index is 2.02. The number of hydrogen-bond donors (Lipinski definition) is 1. The third kappa shape index (κ3) is 3.95. The Labute approximate surface area is 115 Å². The van der Waals surface area contributed by atoms with Gasteiger partial charge in [-0.3, -0.25) is 0 Å². The summed E-state index contributed by atoms with van der Waals surface area (Å²) in [6.45, 7) is -0.156. The van der Waals surface area contributed by atoms with Crippen LogP contribution in [-0.4, -0.2) is 38.8 Å². The Bertz CT molecular complexity index is 527. The largest absolute Gasteiger partial charge is 0.309 e. The maximum absolute atomic E-state index is 12.2. The van der Waals surface area contributed by atoms with E-state index >= 15 is 0 Å². The van der Waals surface area contributed by atoms with Crippen LogP contribution in [0.15, 0.2) is 16.3 Å². The summed E-state index contributed by atoms with van der Waals surface area (Å²) in [6, 6.07) is 2.10. The van der Waals surface area contributed by atoms with Crippen molar-refractivity contribution in [2.45, 2.75) is 36.7 Å². The fraction of sp³-hybridized carbons (Fsp3) is 0.636. The molecule has 1 aliphatic carbocycles. The van der Waals surface area contributed by atoms with Crippen LogP contribution in [0.1, 0.15) is 17.7 Å². The quantitative estimate of drug-likeness (QED) is 0.836. The SMILES string of the molecule is CN(CC(F)F)S(=O)(=O)c1csc(CNC2CC2)c1. The number of nitrogens with one attached hydrogen (secondary N) is 1. The van der Waals surface area contributed by atoms with Crippen LogP contribution in [-0.2, 0) is 16.6 Å². The van der Waals surface area contributed by atoms with Crippen molar-refractivity contribution in [1.29, 1.82) is 0 Å². The van der Waals surface area contributed by atoms with Crippen molar-refractivity contribution in [3.63, 3.8) is 0 Å². The summed E-state index contributed by atoms with van der Waals surface area (Å²) < 4.78 is 49.2. The van der Waals surface area contributed by atoms with Gasteiger partial charge in [0, 0.05) is 29.9 Å². The first-order chi connectivity index (χ1) is 8.89. The van der Waals surface area contributed by atoms with E-state index in [4.69, 9.17) is 0 Å². The highest BCUT2D eigenvalue weighted by molar-refractivity contribution is 7.89. The summed E-state index contributed by atoms with van der Waals surface area (Å²) in [7, 11) is -2.63. The van der Waals surface area contributed by atoms with Crippen LogP contribution in [0.3, 0.4) is 0 Å². The molecule has 19 heavy (non-hydrogen) atoms. The third-order valence-corrected chi connectivity index (χ3v) is 5.76. The van der Waals surface area contributed by atoms with Crippen LogP contribution >= 0.6 is 11.3 Å². The number of thiophene rings is 1. The molecule has 0 saturated heterocycles. The number of alkyl halides is 2. The van der Waals surface area contributed by atoms with Crippen LogP contribution in [0.25, 0.3) is 0 Å². The van der Waals surface area contributed by atoms with Crippen molar-refractivity contribution >= 4 is 21.4 Å². The summed E-state index contributed by atoms with van der Waals surface area (Å²) in [5.41, 5.74) is 0. The standard InChI is InChI=1S/C11H16F2N2O2S2/c1-15(6-11(12)13)19(16,17)10-4-9(18-7-10)5-14-8-2-3-8/h4,7-8,11,14H,2-3,5-6H2,1H3. The topological polar surface area (TPSA) is 49.4 Å². The molecule has 1 fully saturated rings. The van der Waals surface area contributed by atoms with Gasteiger partial charge in [0.05, 0.1) is 11.4 Å². The predicted molar refractivity (Wildman–Crippen MR) is 70.0 cm³/mol. The second-order valence-corrected chi connectivity index (χ2v) is 7.62. The molecule has 0 aliphatic heterocycles. The molecule has 0 amide bonds. The van der Waals surface area contributed by atoms with Crippen LogP contribution in [0.4, 0.5) is 8.78 Å². The Kier molecular flexibility index (Phi) is 4.54. The molecule has 2 rings (SSSR count). The fourth-order valence-corrected chi connectivity index (χ4v) is 3.96. The normalized spacial score (nSPS) is 16.5. The lowest BCUT2D eigenvalue weighted by Gasteiger charge is -2.15. The van der Waals surface area contributed by atoms with Crippen LogP contribution in [0, 0.1) is 0 Å². The van der Waals surface area contributed by atoms with Gasteiger partial charge in [0.15, 0.2) is 0 Å². The molecule has 0 bridgehead atoms. The molecule has 108 valence electrons. The van der Waals surface area contributed by atoms with E-state index in [1.807, 2.05) is 0 Å². The second kappa shape index (κ2) is 5.82. The van der Waals surface area contributed by atoms with Crippen molar-refractivity contribution in [3.8, 4) is 0 Å². The summed E-state index contributed by atoms with van der Waals surface area (Å²) >= 11 is 1.33. The highest BCUT2D eigenvalue weighted by Gasteiger charge is 2.25. The molecule has 1 aliphatic rings.